The Morgan fingerprint density at radius 2 is 2.20 bits per heavy atom. The van der Waals surface area contributed by atoms with Gasteiger partial charge in [0.15, 0.2) is 0 Å². The van der Waals surface area contributed by atoms with E-state index in [2.05, 4.69) is 15.6 Å². The van der Waals surface area contributed by atoms with Gasteiger partial charge in [0.2, 0.25) is 5.91 Å². The zero-order valence-corrected chi connectivity index (χ0v) is 11.5. The van der Waals surface area contributed by atoms with Crippen LogP contribution in [-0.2, 0) is 4.79 Å². The minimum Gasteiger partial charge on any atom is -0.315 e. The van der Waals surface area contributed by atoms with Crippen molar-refractivity contribution in [1.29, 1.82) is 0 Å². The van der Waals surface area contributed by atoms with Crippen LogP contribution in [0.1, 0.15) is 6.42 Å². The van der Waals surface area contributed by atoms with Crippen LogP contribution in [0.25, 0.3) is 10.6 Å². The lowest BCUT2D eigenvalue weighted by molar-refractivity contribution is -0.117. The molecule has 4 nitrogen and oxygen atoms in total. The number of anilines is 1. The number of nitrogens with one attached hydrogen (secondary N) is 2. The summed E-state index contributed by atoms with van der Waals surface area (Å²) in [5, 5.41) is 7.17. The van der Waals surface area contributed by atoms with E-state index in [1.54, 1.807) is 6.20 Å². The molecule has 1 fully saturated rings. The Kier molecular flexibility index (Phi) is 3.75. The van der Waals surface area contributed by atoms with E-state index < -0.39 is 12.2 Å². The highest BCUT2D eigenvalue weighted by atomic mass is 32.1. The quantitative estimate of drug-likeness (QED) is 0.913. The van der Waals surface area contributed by atoms with Gasteiger partial charge < -0.3 is 10.6 Å². The van der Waals surface area contributed by atoms with Crippen molar-refractivity contribution in [1.82, 2.24) is 10.3 Å². The maximum atomic E-state index is 13.0. The van der Waals surface area contributed by atoms with Crippen LogP contribution in [0, 0.1) is 0 Å². The standard InChI is InChI=1S/C14H14FN3OS/c15-10-6-11(16-7-10)13(19)18-12-8-17-14(20-12)9-4-2-1-3-5-9/h1-5,8,10-11,16H,6-7H2,(H,18,19)/t10-,11+/m0/s1. The molecule has 0 aliphatic carbocycles. The molecule has 6 heteroatoms. The number of amides is 1. The summed E-state index contributed by atoms with van der Waals surface area (Å²) >= 11 is 1.41. The topological polar surface area (TPSA) is 54.0 Å². The SMILES string of the molecule is O=C(Nc1cnc(-c2ccccc2)s1)[C@H]1C[C@H](F)CN1. The Balaban J connectivity index is 1.67. The second-order valence-electron chi connectivity index (χ2n) is 4.68. The molecule has 1 saturated heterocycles. The zero-order chi connectivity index (χ0) is 13.9. The molecule has 0 bridgehead atoms. The van der Waals surface area contributed by atoms with Crippen LogP contribution in [0.5, 0.6) is 0 Å². The van der Waals surface area contributed by atoms with Crippen molar-refractivity contribution < 1.29 is 9.18 Å². The Bertz CT molecular complexity index is 601. The molecule has 0 spiro atoms. The number of aromatic nitrogens is 1. The molecular weight excluding hydrogens is 277 g/mol. The number of hydrogen-bond donors (Lipinski definition) is 2. The van der Waals surface area contributed by atoms with E-state index in [9.17, 15) is 9.18 Å². The van der Waals surface area contributed by atoms with E-state index >= 15 is 0 Å². The zero-order valence-electron chi connectivity index (χ0n) is 10.7. The second kappa shape index (κ2) is 5.68. The summed E-state index contributed by atoms with van der Waals surface area (Å²) in [5.41, 5.74) is 1.01. The maximum absolute atomic E-state index is 13.0. The third kappa shape index (κ3) is 2.86. The van der Waals surface area contributed by atoms with Crippen molar-refractivity contribution in [3.63, 3.8) is 0 Å². The van der Waals surface area contributed by atoms with E-state index in [1.807, 2.05) is 30.3 Å². The number of nitrogens with zero attached hydrogens (tertiary/aromatic N) is 1. The van der Waals surface area contributed by atoms with Gasteiger partial charge in [0.05, 0.1) is 12.2 Å². The highest BCUT2D eigenvalue weighted by Crippen LogP contribution is 2.28. The van der Waals surface area contributed by atoms with Gasteiger partial charge in [-0.3, -0.25) is 4.79 Å². The summed E-state index contributed by atoms with van der Waals surface area (Å²) in [7, 11) is 0. The van der Waals surface area contributed by atoms with E-state index in [-0.39, 0.29) is 18.9 Å². The molecule has 2 atom stereocenters. The van der Waals surface area contributed by atoms with Gasteiger partial charge in [-0.05, 0) is 0 Å². The van der Waals surface area contributed by atoms with Crippen LogP contribution < -0.4 is 10.6 Å². The van der Waals surface area contributed by atoms with Crippen LogP contribution in [0.2, 0.25) is 0 Å². The third-order valence-corrected chi connectivity index (χ3v) is 4.13. The van der Waals surface area contributed by atoms with E-state index in [0.29, 0.717) is 5.00 Å². The summed E-state index contributed by atoms with van der Waals surface area (Å²) in [4.78, 5) is 16.2. The second-order valence-corrected chi connectivity index (χ2v) is 5.71. The van der Waals surface area contributed by atoms with Gasteiger partial charge in [-0.2, -0.15) is 0 Å². The third-order valence-electron chi connectivity index (χ3n) is 3.17. The lowest BCUT2D eigenvalue weighted by Gasteiger charge is -2.08. The molecule has 1 aromatic heterocycles. The Morgan fingerprint density at radius 1 is 1.40 bits per heavy atom. The van der Waals surface area contributed by atoms with Crippen LogP contribution in [0.3, 0.4) is 0 Å². The number of hydrogen-bond acceptors (Lipinski definition) is 4. The number of carbonyl (C=O) groups excluding carboxylic acids is 1. The molecule has 1 aliphatic rings. The molecule has 0 unspecified atom stereocenters. The summed E-state index contributed by atoms with van der Waals surface area (Å²) in [5.74, 6) is -0.201. The van der Waals surface area contributed by atoms with Gasteiger partial charge in [0.1, 0.15) is 16.2 Å². The highest BCUT2D eigenvalue weighted by molar-refractivity contribution is 7.19. The van der Waals surface area contributed by atoms with Crippen molar-refractivity contribution in [3.05, 3.63) is 36.5 Å². The average molecular weight is 291 g/mol. The summed E-state index contributed by atoms with van der Waals surface area (Å²) in [6.07, 6.45) is 0.926. The largest absolute Gasteiger partial charge is 0.315 e. The number of benzene rings is 1. The molecule has 2 heterocycles. The van der Waals surface area contributed by atoms with Crippen LogP contribution in [0.4, 0.5) is 9.39 Å². The molecular formula is C14H14FN3OS. The highest BCUT2D eigenvalue weighted by Gasteiger charge is 2.29. The fraction of sp³-hybridized carbons (Fsp3) is 0.286. The maximum Gasteiger partial charge on any atom is 0.242 e. The van der Waals surface area contributed by atoms with Crippen molar-refractivity contribution in [2.75, 3.05) is 11.9 Å². The predicted octanol–water partition coefficient (Wildman–Crippen LogP) is 2.45. The van der Waals surface area contributed by atoms with E-state index in [1.165, 1.54) is 11.3 Å². The van der Waals surface area contributed by atoms with E-state index in [0.717, 1.165) is 10.6 Å². The fourth-order valence-electron chi connectivity index (χ4n) is 2.15. The number of rotatable bonds is 3. The first-order valence-electron chi connectivity index (χ1n) is 6.42. The molecule has 0 radical (unpaired) electrons. The molecule has 0 saturated carbocycles. The smallest absolute Gasteiger partial charge is 0.242 e. The van der Waals surface area contributed by atoms with E-state index in [4.69, 9.17) is 0 Å². The minimum absolute atomic E-state index is 0.201. The Morgan fingerprint density at radius 3 is 2.90 bits per heavy atom. The molecule has 1 aliphatic heterocycles. The summed E-state index contributed by atoms with van der Waals surface area (Å²) < 4.78 is 13.0. The lowest BCUT2D eigenvalue weighted by Crippen LogP contribution is -2.35. The molecule has 1 aromatic carbocycles. The number of alkyl halides is 1. The molecule has 104 valence electrons. The Labute approximate surface area is 120 Å². The van der Waals surface area contributed by atoms with Crippen LogP contribution in [-0.4, -0.2) is 29.6 Å². The first-order chi connectivity index (χ1) is 9.72. The van der Waals surface area contributed by atoms with Gasteiger partial charge in [-0.25, -0.2) is 9.37 Å². The van der Waals surface area contributed by atoms with Crippen molar-refractivity contribution in [3.8, 4) is 10.6 Å². The van der Waals surface area contributed by atoms with Crippen molar-refractivity contribution in [2.45, 2.75) is 18.6 Å². The predicted molar refractivity (Wildman–Crippen MR) is 77.5 cm³/mol. The Hall–Kier alpha value is -1.79. The monoisotopic (exact) mass is 291 g/mol. The van der Waals surface area contributed by atoms with Crippen molar-refractivity contribution >= 4 is 22.2 Å². The van der Waals surface area contributed by atoms with Crippen LogP contribution >= 0.6 is 11.3 Å². The summed E-state index contributed by atoms with van der Waals surface area (Å²) in [6, 6.07) is 9.32. The molecule has 3 rings (SSSR count). The number of thiazole rings is 1. The molecule has 1 amide bonds. The molecule has 20 heavy (non-hydrogen) atoms. The van der Waals surface area contributed by atoms with Gasteiger partial charge in [0.25, 0.3) is 0 Å². The molecule has 2 N–H and O–H groups in total. The average Bonchev–Trinajstić information content (AvgIpc) is 3.09. The van der Waals surface area contributed by atoms with Crippen LogP contribution in [0.15, 0.2) is 36.5 Å². The normalized spacial score (nSPS) is 21.9. The number of halogens is 1. The first kappa shape index (κ1) is 13.2. The van der Waals surface area contributed by atoms with Gasteiger partial charge >= 0.3 is 0 Å². The lowest BCUT2D eigenvalue weighted by atomic mass is 10.2. The van der Waals surface area contributed by atoms with Gasteiger partial charge in [-0.15, -0.1) is 0 Å². The van der Waals surface area contributed by atoms with Crippen molar-refractivity contribution in [2.24, 2.45) is 0 Å². The fourth-order valence-corrected chi connectivity index (χ4v) is 2.97. The minimum atomic E-state index is -0.938. The molecule has 2 aromatic rings. The summed E-state index contributed by atoms with van der Waals surface area (Å²) in [6.45, 7) is 0.246. The van der Waals surface area contributed by atoms with Gasteiger partial charge in [-0.1, -0.05) is 41.7 Å². The number of carbonyl (C=O) groups is 1. The first-order valence-corrected chi connectivity index (χ1v) is 7.23. The van der Waals surface area contributed by atoms with Gasteiger partial charge in [0, 0.05) is 18.5 Å².